The first-order valence-electron chi connectivity index (χ1n) is 5.11. The molecule has 0 spiro atoms. The Labute approximate surface area is 111 Å². The number of aromatic amines is 1. The van der Waals surface area contributed by atoms with Gasteiger partial charge in [0.1, 0.15) is 11.6 Å². The average molecular weight is 302 g/mol. The summed E-state index contributed by atoms with van der Waals surface area (Å²) in [5.41, 5.74) is 3.66. The van der Waals surface area contributed by atoms with Crippen LogP contribution in [-0.2, 0) is 10.0 Å². The molecule has 20 heavy (non-hydrogen) atoms. The zero-order valence-electron chi connectivity index (χ0n) is 9.72. The summed E-state index contributed by atoms with van der Waals surface area (Å²) in [7, 11) is -4.13. The lowest BCUT2D eigenvalue weighted by molar-refractivity contribution is 0.0996. The number of hydrogen-bond acceptors (Lipinski definition) is 4. The Balaban J connectivity index is 2.44. The minimum atomic E-state index is -4.13. The van der Waals surface area contributed by atoms with Gasteiger partial charge < -0.3 is 10.7 Å². The number of rotatable bonds is 4. The van der Waals surface area contributed by atoms with Crippen LogP contribution in [0.15, 0.2) is 29.7 Å². The molecule has 1 aromatic heterocycles. The lowest BCUT2D eigenvalue weighted by Gasteiger charge is -2.09. The number of sulfonamides is 1. The average Bonchev–Trinajstić information content (AvgIpc) is 2.86. The summed E-state index contributed by atoms with van der Waals surface area (Å²) < 4.78 is 52.3. The molecule has 0 saturated heterocycles. The van der Waals surface area contributed by atoms with E-state index in [9.17, 15) is 22.0 Å². The quantitative estimate of drug-likeness (QED) is 0.765. The van der Waals surface area contributed by atoms with Gasteiger partial charge in [0, 0.05) is 6.07 Å². The van der Waals surface area contributed by atoms with E-state index in [0.717, 1.165) is 12.5 Å². The Kier molecular flexibility index (Phi) is 3.40. The van der Waals surface area contributed by atoms with Crippen molar-refractivity contribution in [3.05, 3.63) is 41.9 Å². The van der Waals surface area contributed by atoms with E-state index in [-0.39, 0.29) is 5.03 Å². The maximum Gasteiger partial charge on any atom is 0.279 e. The van der Waals surface area contributed by atoms with Gasteiger partial charge in [-0.3, -0.25) is 9.52 Å². The van der Waals surface area contributed by atoms with Gasteiger partial charge in [0.15, 0.2) is 5.03 Å². The number of imidazole rings is 1. The van der Waals surface area contributed by atoms with Gasteiger partial charge in [-0.25, -0.2) is 13.8 Å². The SMILES string of the molecule is NC(=O)c1cc(NS(=O)(=O)c2cnc[nH]2)c(F)cc1F. The lowest BCUT2D eigenvalue weighted by Crippen LogP contribution is -2.17. The fourth-order valence-corrected chi connectivity index (χ4v) is 2.37. The number of nitrogens with one attached hydrogen (secondary N) is 2. The maximum absolute atomic E-state index is 13.5. The molecule has 0 saturated carbocycles. The fourth-order valence-electron chi connectivity index (χ4n) is 1.41. The molecule has 0 aliphatic heterocycles. The molecule has 0 bridgehead atoms. The van der Waals surface area contributed by atoms with E-state index in [1.165, 1.54) is 0 Å². The molecule has 0 aliphatic rings. The number of nitrogens with two attached hydrogens (primary N) is 1. The Morgan fingerprint density at radius 3 is 2.55 bits per heavy atom. The van der Waals surface area contributed by atoms with Crippen molar-refractivity contribution in [3.8, 4) is 0 Å². The van der Waals surface area contributed by atoms with Crippen molar-refractivity contribution in [1.82, 2.24) is 9.97 Å². The number of carbonyl (C=O) groups is 1. The van der Waals surface area contributed by atoms with Gasteiger partial charge in [-0.15, -0.1) is 0 Å². The number of H-pyrrole nitrogens is 1. The first-order valence-corrected chi connectivity index (χ1v) is 6.59. The number of halogens is 2. The third-order valence-corrected chi connectivity index (χ3v) is 3.62. The van der Waals surface area contributed by atoms with E-state index < -0.39 is 38.8 Å². The van der Waals surface area contributed by atoms with Crippen LogP contribution < -0.4 is 10.5 Å². The zero-order valence-corrected chi connectivity index (χ0v) is 10.5. The van der Waals surface area contributed by atoms with Crippen LogP contribution in [0.3, 0.4) is 0 Å². The number of amides is 1. The number of hydrogen-bond donors (Lipinski definition) is 3. The van der Waals surface area contributed by atoms with Crippen molar-refractivity contribution in [2.75, 3.05) is 4.72 Å². The van der Waals surface area contributed by atoms with Gasteiger partial charge in [-0.05, 0) is 6.07 Å². The summed E-state index contributed by atoms with van der Waals surface area (Å²) in [5.74, 6) is -3.51. The van der Waals surface area contributed by atoms with Gasteiger partial charge in [0.2, 0.25) is 0 Å². The van der Waals surface area contributed by atoms with Gasteiger partial charge in [0.05, 0.1) is 23.8 Å². The molecule has 10 heteroatoms. The molecular weight excluding hydrogens is 294 g/mol. The predicted molar refractivity (Wildman–Crippen MR) is 64.3 cm³/mol. The normalized spacial score (nSPS) is 11.3. The topological polar surface area (TPSA) is 118 Å². The second-order valence-corrected chi connectivity index (χ2v) is 5.35. The first-order chi connectivity index (χ1) is 9.31. The molecule has 1 amide bonds. The first kappa shape index (κ1) is 13.9. The molecule has 0 radical (unpaired) electrons. The van der Waals surface area contributed by atoms with Gasteiger partial charge in [0.25, 0.3) is 15.9 Å². The molecule has 1 aromatic carbocycles. The van der Waals surface area contributed by atoms with Gasteiger partial charge in [-0.2, -0.15) is 8.42 Å². The van der Waals surface area contributed by atoms with E-state index in [0.29, 0.717) is 12.1 Å². The van der Waals surface area contributed by atoms with Crippen LogP contribution >= 0.6 is 0 Å². The number of carbonyl (C=O) groups excluding carboxylic acids is 1. The molecule has 1 heterocycles. The van der Waals surface area contributed by atoms with Gasteiger partial charge in [-0.1, -0.05) is 0 Å². The Hall–Kier alpha value is -2.49. The molecule has 2 rings (SSSR count). The highest BCUT2D eigenvalue weighted by atomic mass is 32.2. The third-order valence-electron chi connectivity index (χ3n) is 2.33. The number of benzene rings is 1. The van der Waals surface area contributed by atoms with E-state index >= 15 is 0 Å². The maximum atomic E-state index is 13.5. The van der Waals surface area contributed by atoms with Crippen LogP contribution in [0.2, 0.25) is 0 Å². The largest absolute Gasteiger partial charge is 0.366 e. The van der Waals surface area contributed by atoms with Crippen LogP contribution in [0, 0.1) is 11.6 Å². The third kappa shape index (κ3) is 2.59. The Morgan fingerprint density at radius 2 is 2.00 bits per heavy atom. The number of primary amides is 1. The lowest BCUT2D eigenvalue weighted by atomic mass is 10.2. The molecule has 0 atom stereocenters. The molecule has 0 aliphatic carbocycles. The van der Waals surface area contributed by atoms with Crippen molar-refractivity contribution >= 4 is 21.6 Å². The number of anilines is 1. The van der Waals surface area contributed by atoms with Crippen LogP contribution in [0.5, 0.6) is 0 Å². The van der Waals surface area contributed by atoms with E-state index in [1.807, 2.05) is 4.72 Å². The highest BCUT2D eigenvalue weighted by Crippen LogP contribution is 2.22. The number of aromatic nitrogens is 2. The predicted octanol–water partition coefficient (Wildman–Crippen LogP) is 0.588. The van der Waals surface area contributed by atoms with Crippen LogP contribution in [0.4, 0.5) is 14.5 Å². The van der Waals surface area contributed by atoms with Crippen molar-refractivity contribution in [1.29, 1.82) is 0 Å². The highest BCUT2D eigenvalue weighted by Gasteiger charge is 2.20. The molecule has 0 fully saturated rings. The minimum Gasteiger partial charge on any atom is -0.366 e. The summed E-state index contributed by atoms with van der Waals surface area (Å²) in [6.07, 6.45) is 2.11. The summed E-state index contributed by atoms with van der Waals surface area (Å²) in [6.45, 7) is 0. The summed E-state index contributed by atoms with van der Waals surface area (Å²) in [6, 6.07) is 1.05. The Bertz CT molecular complexity index is 759. The highest BCUT2D eigenvalue weighted by molar-refractivity contribution is 7.92. The molecule has 0 unspecified atom stereocenters. The van der Waals surface area contributed by atoms with Crippen LogP contribution in [0.1, 0.15) is 10.4 Å². The van der Waals surface area contributed by atoms with E-state index in [2.05, 4.69) is 9.97 Å². The zero-order chi connectivity index (χ0) is 14.9. The monoisotopic (exact) mass is 302 g/mol. The van der Waals surface area contributed by atoms with Crippen LogP contribution in [-0.4, -0.2) is 24.3 Å². The molecular formula is C10H8F2N4O3S. The van der Waals surface area contributed by atoms with Crippen molar-refractivity contribution in [2.45, 2.75) is 5.03 Å². The molecule has 106 valence electrons. The van der Waals surface area contributed by atoms with E-state index in [1.54, 1.807) is 0 Å². The van der Waals surface area contributed by atoms with Gasteiger partial charge >= 0.3 is 0 Å². The van der Waals surface area contributed by atoms with Crippen molar-refractivity contribution in [2.24, 2.45) is 5.73 Å². The second-order valence-electron chi connectivity index (χ2n) is 3.70. The fraction of sp³-hybridized carbons (Fsp3) is 0. The molecule has 4 N–H and O–H groups in total. The second kappa shape index (κ2) is 4.89. The van der Waals surface area contributed by atoms with Crippen LogP contribution in [0.25, 0.3) is 0 Å². The molecule has 7 nitrogen and oxygen atoms in total. The van der Waals surface area contributed by atoms with Crippen molar-refractivity contribution in [3.63, 3.8) is 0 Å². The van der Waals surface area contributed by atoms with Crippen molar-refractivity contribution < 1.29 is 22.0 Å². The summed E-state index contributed by atoms with van der Waals surface area (Å²) >= 11 is 0. The standard InChI is InChI=1S/C10H8F2N4O3S/c11-6-2-7(12)8(1-5(6)10(13)17)16-20(18,19)9-3-14-4-15-9/h1-4,16H,(H2,13,17)(H,14,15). The smallest absolute Gasteiger partial charge is 0.279 e. The molecule has 2 aromatic rings. The summed E-state index contributed by atoms with van der Waals surface area (Å²) in [4.78, 5) is 16.8. The Morgan fingerprint density at radius 1 is 1.30 bits per heavy atom. The summed E-state index contributed by atoms with van der Waals surface area (Å²) in [5, 5.41) is -0.318. The van der Waals surface area contributed by atoms with E-state index in [4.69, 9.17) is 5.73 Å². The minimum absolute atomic E-state index is 0.318. The number of nitrogens with zero attached hydrogens (tertiary/aromatic N) is 1.